The number of nitrogens with zero attached hydrogens (tertiary/aromatic N) is 3. The third kappa shape index (κ3) is 2.41. The third-order valence-corrected chi connectivity index (χ3v) is 3.53. The molecule has 0 aliphatic heterocycles. The first-order valence-electron chi connectivity index (χ1n) is 5.85. The van der Waals surface area contributed by atoms with Gasteiger partial charge in [0.1, 0.15) is 5.52 Å². The van der Waals surface area contributed by atoms with Gasteiger partial charge in [0.25, 0.3) is 5.69 Å². The predicted octanol–water partition coefficient (Wildman–Crippen LogP) is 3.77. The van der Waals surface area contributed by atoms with Crippen molar-refractivity contribution in [3.8, 4) is 0 Å². The van der Waals surface area contributed by atoms with E-state index in [9.17, 15) is 10.1 Å². The van der Waals surface area contributed by atoms with Crippen LogP contribution in [-0.4, -0.2) is 14.9 Å². The summed E-state index contributed by atoms with van der Waals surface area (Å²) in [4.78, 5) is 19.9. The van der Waals surface area contributed by atoms with Crippen LogP contribution in [0.5, 0.6) is 0 Å². The molecule has 6 heteroatoms. The lowest BCUT2D eigenvalue weighted by Crippen LogP contribution is -1.92. The quantitative estimate of drug-likeness (QED) is 0.542. The molecular formula is C14H9N3O2S. The van der Waals surface area contributed by atoms with Crippen LogP contribution < -0.4 is 0 Å². The molecule has 3 aromatic rings. The largest absolute Gasteiger partial charge is 0.295 e. The van der Waals surface area contributed by atoms with Crippen molar-refractivity contribution in [2.45, 2.75) is 0 Å². The molecule has 20 heavy (non-hydrogen) atoms. The molecule has 0 N–H and O–H groups in total. The molecule has 2 heterocycles. The molecule has 98 valence electrons. The lowest BCUT2D eigenvalue weighted by molar-refractivity contribution is -0.383. The Labute approximate surface area is 118 Å². The van der Waals surface area contributed by atoms with Crippen molar-refractivity contribution < 1.29 is 4.92 Å². The summed E-state index contributed by atoms with van der Waals surface area (Å²) in [5.41, 5.74) is 2.86. The van der Waals surface area contributed by atoms with Crippen molar-refractivity contribution in [1.29, 1.82) is 0 Å². The van der Waals surface area contributed by atoms with Crippen LogP contribution in [0.3, 0.4) is 0 Å². The molecule has 0 aliphatic carbocycles. The Morgan fingerprint density at radius 1 is 1.20 bits per heavy atom. The van der Waals surface area contributed by atoms with Crippen LogP contribution >= 0.6 is 11.3 Å². The number of hydrogen-bond donors (Lipinski definition) is 0. The molecule has 3 rings (SSSR count). The van der Waals surface area contributed by atoms with Gasteiger partial charge in [-0.2, -0.15) is 0 Å². The molecule has 0 saturated carbocycles. The molecule has 0 bridgehead atoms. The summed E-state index contributed by atoms with van der Waals surface area (Å²) < 4.78 is 0. The van der Waals surface area contributed by atoms with Gasteiger partial charge in [-0.25, -0.2) is 4.98 Å². The van der Waals surface area contributed by atoms with E-state index >= 15 is 0 Å². The lowest BCUT2D eigenvalue weighted by atomic mass is 10.1. The first kappa shape index (κ1) is 12.4. The molecule has 0 atom stereocenters. The zero-order chi connectivity index (χ0) is 13.9. The highest BCUT2D eigenvalue weighted by molar-refractivity contribution is 7.10. The van der Waals surface area contributed by atoms with Crippen LogP contribution in [0.2, 0.25) is 0 Å². The molecule has 0 spiro atoms. The Bertz CT molecular complexity index is 797. The normalized spacial score (nSPS) is 11.2. The minimum atomic E-state index is -0.411. The van der Waals surface area contributed by atoms with Gasteiger partial charge >= 0.3 is 0 Å². The minimum absolute atomic E-state index is 0.0236. The van der Waals surface area contributed by atoms with E-state index in [1.54, 1.807) is 17.8 Å². The molecule has 2 aromatic heterocycles. The van der Waals surface area contributed by atoms with Crippen LogP contribution in [0.1, 0.15) is 10.6 Å². The number of pyridine rings is 1. The van der Waals surface area contributed by atoms with E-state index in [-0.39, 0.29) is 5.69 Å². The van der Waals surface area contributed by atoms with Crippen molar-refractivity contribution in [2.75, 3.05) is 0 Å². The third-order valence-electron chi connectivity index (χ3n) is 2.79. The number of thiazole rings is 1. The summed E-state index contributed by atoms with van der Waals surface area (Å²) in [5.74, 6) is 0. The molecule has 0 saturated heterocycles. The monoisotopic (exact) mass is 283 g/mol. The summed E-state index contributed by atoms with van der Waals surface area (Å²) in [6, 6.07) is 8.61. The van der Waals surface area contributed by atoms with Crippen molar-refractivity contribution in [3.63, 3.8) is 0 Å². The number of nitro benzene ring substituents is 1. The Kier molecular flexibility index (Phi) is 3.22. The average Bonchev–Trinajstić information content (AvgIpc) is 2.97. The number of benzene rings is 1. The van der Waals surface area contributed by atoms with E-state index in [0.717, 1.165) is 10.3 Å². The Morgan fingerprint density at radius 3 is 2.85 bits per heavy atom. The second kappa shape index (κ2) is 5.18. The molecule has 0 radical (unpaired) electrons. The van der Waals surface area contributed by atoms with E-state index in [2.05, 4.69) is 9.97 Å². The van der Waals surface area contributed by atoms with Crippen LogP contribution in [0.4, 0.5) is 5.69 Å². The minimum Gasteiger partial charge on any atom is -0.258 e. The predicted molar refractivity (Wildman–Crippen MR) is 79.4 cm³/mol. The van der Waals surface area contributed by atoms with E-state index in [1.165, 1.54) is 17.4 Å². The highest BCUT2D eigenvalue weighted by atomic mass is 32.1. The van der Waals surface area contributed by atoms with Crippen molar-refractivity contribution in [1.82, 2.24) is 9.97 Å². The van der Waals surface area contributed by atoms with Gasteiger partial charge in [0.05, 0.1) is 16.1 Å². The van der Waals surface area contributed by atoms with Gasteiger partial charge < -0.3 is 0 Å². The summed E-state index contributed by atoms with van der Waals surface area (Å²) in [6.07, 6.45) is 5.47. The maximum atomic E-state index is 11.0. The van der Waals surface area contributed by atoms with Gasteiger partial charge in [-0.3, -0.25) is 15.1 Å². The zero-order valence-electron chi connectivity index (χ0n) is 10.3. The second-order valence-corrected chi connectivity index (χ2v) is 5.00. The summed E-state index contributed by atoms with van der Waals surface area (Å²) in [5, 5.41) is 11.8. The molecule has 0 unspecified atom stereocenters. The lowest BCUT2D eigenvalue weighted by Gasteiger charge is -2.00. The molecule has 1 aromatic carbocycles. The number of nitro groups is 1. The van der Waals surface area contributed by atoms with Gasteiger partial charge in [-0.15, -0.1) is 11.3 Å². The SMILES string of the molecule is O=[N+]([O-])c1cccc2ccc(/C=C/c3cncs3)nc12. The van der Waals surface area contributed by atoms with Crippen LogP contribution in [0.25, 0.3) is 23.1 Å². The Balaban J connectivity index is 2.05. The smallest absolute Gasteiger partial charge is 0.258 e. The van der Waals surface area contributed by atoms with E-state index in [0.29, 0.717) is 11.2 Å². The number of fused-ring (bicyclic) bond motifs is 1. The van der Waals surface area contributed by atoms with E-state index in [4.69, 9.17) is 0 Å². The first-order valence-corrected chi connectivity index (χ1v) is 6.73. The Morgan fingerprint density at radius 2 is 2.10 bits per heavy atom. The fraction of sp³-hybridized carbons (Fsp3) is 0. The highest BCUT2D eigenvalue weighted by Crippen LogP contribution is 2.24. The maximum absolute atomic E-state index is 11.0. The number of para-hydroxylation sites is 1. The van der Waals surface area contributed by atoms with Crippen LogP contribution in [0.15, 0.2) is 42.0 Å². The van der Waals surface area contributed by atoms with Gasteiger partial charge in [0, 0.05) is 22.5 Å². The Hall–Kier alpha value is -2.60. The van der Waals surface area contributed by atoms with Crippen molar-refractivity contribution >= 4 is 40.1 Å². The van der Waals surface area contributed by atoms with Crippen molar-refractivity contribution in [3.05, 3.63) is 62.7 Å². The first-order chi connectivity index (χ1) is 9.74. The molecule has 0 aliphatic rings. The van der Waals surface area contributed by atoms with Gasteiger partial charge in [-0.05, 0) is 18.2 Å². The molecule has 0 amide bonds. The zero-order valence-corrected chi connectivity index (χ0v) is 11.1. The van der Waals surface area contributed by atoms with E-state index in [1.807, 2.05) is 30.4 Å². The fourth-order valence-corrected chi connectivity index (χ4v) is 2.37. The van der Waals surface area contributed by atoms with Crippen molar-refractivity contribution in [2.24, 2.45) is 0 Å². The van der Waals surface area contributed by atoms with Gasteiger partial charge in [0.15, 0.2) is 0 Å². The summed E-state index contributed by atoms with van der Waals surface area (Å²) in [7, 11) is 0. The fourth-order valence-electron chi connectivity index (χ4n) is 1.86. The second-order valence-electron chi connectivity index (χ2n) is 4.08. The summed E-state index contributed by atoms with van der Waals surface area (Å²) in [6.45, 7) is 0. The number of non-ortho nitro benzene ring substituents is 1. The standard InChI is InChI=1S/C14H9N3O2S/c18-17(19)13-3-1-2-10-4-5-11(16-14(10)13)6-7-12-8-15-9-20-12/h1-9H/b7-6+. The number of hydrogen-bond acceptors (Lipinski definition) is 5. The maximum Gasteiger partial charge on any atom is 0.295 e. The summed E-state index contributed by atoms with van der Waals surface area (Å²) >= 11 is 1.52. The highest BCUT2D eigenvalue weighted by Gasteiger charge is 2.12. The van der Waals surface area contributed by atoms with Gasteiger partial charge in [0.2, 0.25) is 0 Å². The average molecular weight is 283 g/mol. The topological polar surface area (TPSA) is 68.9 Å². The number of rotatable bonds is 3. The molecule has 0 fully saturated rings. The molecule has 5 nitrogen and oxygen atoms in total. The van der Waals surface area contributed by atoms with Gasteiger partial charge in [-0.1, -0.05) is 18.2 Å². The van der Waals surface area contributed by atoms with Crippen LogP contribution in [0, 0.1) is 10.1 Å². The van der Waals surface area contributed by atoms with E-state index < -0.39 is 4.92 Å². The number of aromatic nitrogens is 2. The van der Waals surface area contributed by atoms with Crippen LogP contribution in [-0.2, 0) is 0 Å². The molecular weight excluding hydrogens is 274 g/mol.